The number of hydrogen-bond acceptors (Lipinski definition) is 6. The zero-order valence-corrected chi connectivity index (χ0v) is 16.8. The van der Waals surface area contributed by atoms with Gasteiger partial charge in [-0.3, -0.25) is 9.89 Å². The molecule has 3 rings (SSSR count). The molecule has 0 saturated heterocycles. The van der Waals surface area contributed by atoms with Gasteiger partial charge in [0.1, 0.15) is 12.4 Å². The topological polar surface area (TPSA) is 67.9 Å². The Balaban J connectivity index is 1.51. The van der Waals surface area contributed by atoms with Gasteiger partial charge in [-0.15, -0.1) is 16.4 Å². The Morgan fingerprint density at radius 2 is 2.19 bits per heavy atom. The molecule has 0 spiro atoms. The third-order valence-corrected chi connectivity index (χ3v) is 6.18. The second-order valence-corrected chi connectivity index (χ2v) is 8.11. The Bertz CT molecular complexity index is 907. The lowest BCUT2D eigenvalue weighted by molar-refractivity contribution is 0.102. The predicted molar refractivity (Wildman–Crippen MR) is 106 cm³/mol. The number of hydrogen-bond donors (Lipinski definition) is 1. The van der Waals surface area contributed by atoms with Gasteiger partial charge in [0.25, 0.3) is 0 Å². The van der Waals surface area contributed by atoms with Gasteiger partial charge >= 0.3 is 0 Å². The molecule has 0 aliphatic rings. The molecule has 0 saturated carbocycles. The van der Waals surface area contributed by atoms with Crippen molar-refractivity contribution in [2.45, 2.75) is 32.0 Å². The quantitative estimate of drug-likeness (QED) is 0.423. The Hall–Kier alpha value is -1.83. The monoisotopic (exact) mass is 407 g/mol. The van der Waals surface area contributed by atoms with Crippen molar-refractivity contribution in [2.75, 3.05) is 5.75 Å². The van der Waals surface area contributed by atoms with E-state index in [0.717, 1.165) is 22.6 Å². The molecule has 8 heteroatoms. The average Bonchev–Trinajstić information content (AvgIpc) is 3.30. The second kappa shape index (κ2) is 8.70. The van der Waals surface area contributed by atoms with E-state index in [1.807, 2.05) is 31.2 Å². The van der Waals surface area contributed by atoms with Crippen LogP contribution in [0.5, 0.6) is 5.75 Å². The summed E-state index contributed by atoms with van der Waals surface area (Å²) >= 11 is 8.87. The zero-order valence-electron chi connectivity index (χ0n) is 14.4. The molecule has 3 aromatic rings. The average molecular weight is 408 g/mol. The number of thioether (sulfide) groups is 1. The highest BCUT2D eigenvalue weighted by Crippen LogP contribution is 2.23. The normalized spacial score (nSPS) is 10.9. The van der Waals surface area contributed by atoms with Crippen LogP contribution in [0, 0.1) is 6.92 Å². The third kappa shape index (κ3) is 4.87. The Morgan fingerprint density at radius 1 is 1.35 bits per heavy atom. The molecular formula is C18H18ClN3O2S2. The molecule has 0 bridgehead atoms. The number of carbonyl (C=O) groups is 1. The van der Waals surface area contributed by atoms with Gasteiger partial charge in [-0.25, -0.2) is 4.98 Å². The van der Waals surface area contributed by atoms with Crippen molar-refractivity contribution in [2.24, 2.45) is 0 Å². The fraction of sp³-hybridized carbons (Fsp3) is 0.278. The van der Waals surface area contributed by atoms with Crippen LogP contribution in [0.3, 0.4) is 0 Å². The molecule has 136 valence electrons. The number of thiophene rings is 1. The number of rotatable bonds is 8. The summed E-state index contributed by atoms with van der Waals surface area (Å²) in [4.78, 5) is 18.6. The van der Waals surface area contributed by atoms with E-state index in [-0.39, 0.29) is 12.4 Å². The number of aromatic amines is 1. The first kappa shape index (κ1) is 18.9. The molecule has 0 aliphatic carbocycles. The van der Waals surface area contributed by atoms with Crippen molar-refractivity contribution in [1.29, 1.82) is 0 Å². The molecule has 0 atom stereocenters. The first-order valence-electron chi connectivity index (χ1n) is 8.10. The molecule has 0 fully saturated rings. The highest BCUT2D eigenvalue weighted by Gasteiger charge is 2.12. The summed E-state index contributed by atoms with van der Waals surface area (Å²) in [7, 11) is 0. The SMILES string of the molecule is CCc1ccc(C(=O)CSc2n[nH]c(COc3ccc(Cl)c(C)c3)n2)s1. The lowest BCUT2D eigenvalue weighted by Crippen LogP contribution is -2.00. The second-order valence-electron chi connectivity index (χ2n) is 5.60. The Labute approximate surface area is 165 Å². The van der Waals surface area contributed by atoms with E-state index >= 15 is 0 Å². The molecule has 1 N–H and O–H groups in total. The predicted octanol–water partition coefficient (Wildman–Crippen LogP) is 4.94. The van der Waals surface area contributed by atoms with Crippen molar-refractivity contribution in [1.82, 2.24) is 15.2 Å². The standard InChI is InChI=1S/C18H18ClN3O2S2/c1-3-13-5-7-16(26-13)15(23)10-25-18-20-17(21-22-18)9-24-12-4-6-14(19)11(2)8-12/h4-8H,3,9-10H2,1-2H3,(H,20,21,22). The van der Waals surface area contributed by atoms with Crippen LogP contribution in [0.4, 0.5) is 0 Å². The van der Waals surface area contributed by atoms with E-state index in [9.17, 15) is 4.79 Å². The number of benzene rings is 1. The largest absolute Gasteiger partial charge is 0.486 e. The highest BCUT2D eigenvalue weighted by molar-refractivity contribution is 7.99. The maximum Gasteiger partial charge on any atom is 0.208 e. The van der Waals surface area contributed by atoms with E-state index in [2.05, 4.69) is 22.1 Å². The first-order valence-corrected chi connectivity index (χ1v) is 10.3. The van der Waals surface area contributed by atoms with E-state index in [4.69, 9.17) is 16.3 Å². The number of H-pyrrole nitrogens is 1. The van der Waals surface area contributed by atoms with Crippen LogP contribution in [-0.2, 0) is 13.0 Å². The Kier molecular flexibility index (Phi) is 6.34. The molecule has 0 aliphatic heterocycles. The van der Waals surface area contributed by atoms with Crippen LogP contribution in [-0.4, -0.2) is 26.7 Å². The van der Waals surface area contributed by atoms with Crippen molar-refractivity contribution < 1.29 is 9.53 Å². The van der Waals surface area contributed by atoms with Crippen LogP contribution >= 0.6 is 34.7 Å². The number of carbonyl (C=O) groups excluding carboxylic acids is 1. The van der Waals surface area contributed by atoms with Crippen molar-refractivity contribution >= 4 is 40.5 Å². The summed E-state index contributed by atoms with van der Waals surface area (Å²) in [6, 6.07) is 9.37. The molecule has 0 unspecified atom stereocenters. The van der Waals surface area contributed by atoms with Gasteiger partial charge in [-0.2, -0.15) is 0 Å². The van der Waals surface area contributed by atoms with Gasteiger partial charge in [0.2, 0.25) is 5.16 Å². The number of halogens is 1. The van der Waals surface area contributed by atoms with Gasteiger partial charge in [-0.05, 0) is 49.2 Å². The zero-order chi connectivity index (χ0) is 18.5. The molecule has 0 radical (unpaired) electrons. The van der Waals surface area contributed by atoms with Crippen LogP contribution in [0.15, 0.2) is 35.5 Å². The van der Waals surface area contributed by atoms with Gasteiger partial charge < -0.3 is 4.74 Å². The maximum absolute atomic E-state index is 12.2. The molecular weight excluding hydrogens is 390 g/mol. The van der Waals surface area contributed by atoms with E-state index < -0.39 is 0 Å². The van der Waals surface area contributed by atoms with E-state index in [1.54, 1.807) is 17.4 Å². The molecule has 5 nitrogen and oxygen atoms in total. The Morgan fingerprint density at radius 3 is 2.92 bits per heavy atom. The molecule has 1 aromatic carbocycles. The fourth-order valence-corrected chi connectivity index (χ4v) is 3.98. The van der Waals surface area contributed by atoms with Gasteiger partial charge in [-0.1, -0.05) is 30.3 Å². The van der Waals surface area contributed by atoms with Crippen LogP contribution in [0.25, 0.3) is 0 Å². The van der Waals surface area contributed by atoms with Crippen molar-refractivity contribution in [3.05, 3.63) is 56.5 Å². The molecule has 2 aromatic heterocycles. The van der Waals surface area contributed by atoms with Gasteiger partial charge in [0.15, 0.2) is 11.6 Å². The van der Waals surface area contributed by atoms with Crippen LogP contribution < -0.4 is 4.74 Å². The van der Waals surface area contributed by atoms with Crippen LogP contribution in [0.1, 0.15) is 32.9 Å². The summed E-state index contributed by atoms with van der Waals surface area (Å²) < 4.78 is 5.68. The van der Waals surface area contributed by atoms with Gasteiger partial charge in [0.05, 0.1) is 10.6 Å². The van der Waals surface area contributed by atoms with E-state index in [0.29, 0.717) is 21.8 Å². The smallest absolute Gasteiger partial charge is 0.208 e. The van der Waals surface area contributed by atoms with Crippen molar-refractivity contribution in [3.63, 3.8) is 0 Å². The number of aryl methyl sites for hydroxylation is 2. The number of ether oxygens (including phenoxy) is 1. The lowest BCUT2D eigenvalue weighted by atomic mass is 10.2. The minimum absolute atomic E-state index is 0.0962. The molecule has 2 heterocycles. The van der Waals surface area contributed by atoms with Gasteiger partial charge in [0, 0.05) is 9.90 Å². The minimum atomic E-state index is 0.0962. The number of nitrogens with one attached hydrogen (secondary N) is 1. The summed E-state index contributed by atoms with van der Waals surface area (Å²) in [6.45, 7) is 4.28. The fourth-order valence-electron chi connectivity index (χ4n) is 2.18. The first-order chi connectivity index (χ1) is 12.5. The summed E-state index contributed by atoms with van der Waals surface area (Å²) in [5, 5.41) is 8.21. The summed E-state index contributed by atoms with van der Waals surface area (Å²) in [5.41, 5.74) is 0.955. The van der Waals surface area contributed by atoms with E-state index in [1.165, 1.54) is 16.6 Å². The maximum atomic E-state index is 12.2. The molecule has 26 heavy (non-hydrogen) atoms. The lowest BCUT2D eigenvalue weighted by Gasteiger charge is -2.05. The summed E-state index contributed by atoms with van der Waals surface area (Å²) in [6.07, 6.45) is 0.947. The molecule has 0 amide bonds. The number of aromatic nitrogens is 3. The highest BCUT2D eigenvalue weighted by atomic mass is 35.5. The van der Waals surface area contributed by atoms with Crippen LogP contribution in [0.2, 0.25) is 5.02 Å². The third-order valence-electron chi connectivity index (χ3n) is 3.63. The minimum Gasteiger partial charge on any atom is -0.486 e. The van der Waals surface area contributed by atoms with Crippen molar-refractivity contribution in [3.8, 4) is 5.75 Å². The number of ketones is 1. The number of nitrogens with zero attached hydrogens (tertiary/aromatic N) is 2. The number of Topliss-reactive ketones (excluding diaryl/α,β-unsaturated/α-hetero) is 1. The summed E-state index contributed by atoms with van der Waals surface area (Å²) in [5.74, 6) is 1.74.